The molecule has 224 valence electrons. The van der Waals surface area contributed by atoms with Crippen molar-refractivity contribution in [1.82, 2.24) is 0 Å². The molecule has 4 atom stereocenters. The molecule has 1 aliphatic heterocycles. The van der Waals surface area contributed by atoms with Gasteiger partial charge in [0.2, 0.25) is 5.78 Å². The highest BCUT2D eigenvalue weighted by Gasteiger charge is 2.47. The molecule has 0 radical (unpaired) electrons. The van der Waals surface area contributed by atoms with E-state index in [9.17, 15) is 24.3 Å². The lowest BCUT2D eigenvalue weighted by molar-refractivity contribution is -0.158. The molecule has 1 aliphatic carbocycles. The van der Waals surface area contributed by atoms with E-state index < -0.39 is 53.2 Å². The zero-order chi connectivity index (χ0) is 30.8. The van der Waals surface area contributed by atoms with E-state index in [1.807, 2.05) is 37.3 Å². The molecular weight excluding hydrogens is 536 g/mol. The Morgan fingerprint density at radius 3 is 2.33 bits per heavy atom. The van der Waals surface area contributed by atoms with Crippen molar-refractivity contribution in [2.75, 3.05) is 4.90 Å². The molecule has 3 unspecified atom stereocenters. The molecule has 0 saturated heterocycles. The fraction of sp³-hybridized carbons (Fsp3) is 0.455. The van der Waals surface area contributed by atoms with E-state index in [4.69, 9.17) is 15.2 Å². The number of rotatable bonds is 9. The molecular formula is C33H40N2O7. The zero-order valence-corrected chi connectivity index (χ0v) is 24.8. The van der Waals surface area contributed by atoms with Crippen molar-refractivity contribution in [2.24, 2.45) is 17.6 Å². The van der Waals surface area contributed by atoms with Gasteiger partial charge in [0.25, 0.3) is 5.91 Å². The largest absolute Gasteiger partial charge is 0.504 e. The zero-order valence-electron chi connectivity index (χ0n) is 24.8. The van der Waals surface area contributed by atoms with Gasteiger partial charge in [-0.3, -0.25) is 9.59 Å². The van der Waals surface area contributed by atoms with E-state index in [2.05, 4.69) is 0 Å². The summed E-state index contributed by atoms with van der Waals surface area (Å²) in [7, 11) is 0. The summed E-state index contributed by atoms with van der Waals surface area (Å²) >= 11 is 0. The highest BCUT2D eigenvalue weighted by atomic mass is 16.6. The van der Waals surface area contributed by atoms with Gasteiger partial charge in [-0.15, -0.1) is 0 Å². The number of esters is 1. The molecule has 3 N–H and O–H groups in total. The van der Waals surface area contributed by atoms with Crippen molar-refractivity contribution in [3.05, 3.63) is 77.1 Å². The molecule has 4 rings (SSSR count). The monoisotopic (exact) mass is 576 g/mol. The smallest absolute Gasteiger partial charge is 0.421 e. The Balaban J connectivity index is 1.70. The van der Waals surface area contributed by atoms with Crippen LogP contribution >= 0.6 is 0 Å². The SMILES string of the molecule is CCC(Cc1ccccc1)C1OC(=O)C(C(c2cccc(N(C(=O)OC(C)(C)C)C(=O)[C@H](C)N)c2)C2CC2)=C(O)C1=O. The molecule has 0 bridgehead atoms. The second kappa shape index (κ2) is 12.5. The van der Waals surface area contributed by atoms with Gasteiger partial charge in [0.1, 0.15) is 5.60 Å². The minimum atomic E-state index is -1.09. The number of Topliss-reactive ketones (excluding diaryl/α,β-unsaturated/α-hetero) is 1. The van der Waals surface area contributed by atoms with Gasteiger partial charge in [0.05, 0.1) is 17.3 Å². The van der Waals surface area contributed by atoms with E-state index in [-0.39, 0.29) is 23.1 Å². The molecule has 2 amide bonds. The normalized spacial score (nSPS) is 19.5. The van der Waals surface area contributed by atoms with Gasteiger partial charge in [-0.2, -0.15) is 0 Å². The molecule has 1 fully saturated rings. The van der Waals surface area contributed by atoms with Crippen molar-refractivity contribution in [1.29, 1.82) is 0 Å². The van der Waals surface area contributed by atoms with E-state index in [1.165, 1.54) is 6.92 Å². The first kappa shape index (κ1) is 31.0. The fourth-order valence-corrected chi connectivity index (χ4v) is 5.36. The number of nitrogens with zero attached hydrogens (tertiary/aromatic N) is 1. The van der Waals surface area contributed by atoms with Crippen LogP contribution in [0.15, 0.2) is 65.9 Å². The number of amides is 2. The van der Waals surface area contributed by atoms with Gasteiger partial charge in [-0.1, -0.05) is 49.4 Å². The molecule has 9 heteroatoms. The van der Waals surface area contributed by atoms with Gasteiger partial charge in [0, 0.05) is 11.8 Å². The van der Waals surface area contributed by atoms with Crippen LogP contribution in [0.3, 0.4) is 0 Å². The number of ether oxygens (including phenoxy) is 2. The number of carbonyl (C=O) groups excluding carboxylic acids is 4. The van der Waals surface area contributed by atoms with Crippen LogP contribution in [-0.4, -0.2) is 46.6 Å². The van der Waals surface area contributed by atoms with Crippen molar-refractivity contribution in [2.45, 2.75) is 84.0 Å². The maximum atomic E-state index is 13.5. The summed E-state index contributed by atoms with van der Waals surface area (Å²) in [5, 5.41) is 11.2. The van der Waals surface area contributed by atoms with Crippen LogP contribution in [-0.2, 0) is 30.3 Å². The summed E-state index contributed by atoms with van der Waals surface area (Å²) < 4.78 is 11.2. The average Bonchev–Trinajstić information content (AvgIpc) is 3.77. The minimum Gasteiger partial charge on any atom is -0.504 e. The first-order chi connectivity index (χ1) is 19.8. The Hall–Kier alpha value is -3.98. The number of hydrogen-bond acceptors (Lipinski definition) is 8. The summed E-state index contributed by atoms with van der Waals surface area (Å²) in [6.07, 6.45) is 0.665. The first-order valence-electron chi connectivity index (χ1n) is 14.5. The summed E-state index contributed by atoms with van der Waals surface area (Å²) in [5.74, 6) is -3.59. The van der Waals surface area contributed by atoms with E-state index in [0.717, 1.165) is 23.3 Å². The van der Waals surface area contributed by atoms with Gasteiger partial charge in [-0.25, -0.2) is 14.5 Å². The van der Waals surface area contributed by atoms with Crippen LogP contribution in [0.2, 0.25) is 0 Å². The lowest BCUT2D eigenvalue weighted by atomic mass is 9.81. The average molecular weight is 577 g/mol. The predicted octanol–water partition coefficient (Wildman–Crippen LogP) is 5.37. The Labute approximate surface area is 246 Å². The number of cyclic esters (lactones) is 1. The number of aliphatic hydroxyl groups excluding tert-OH is 1. The van der Waals surface area contributed by atoms with E-state index in [1.54, 1.807) is 45.0 Å². The number of hydrogen-bond donors (Lipinski definition) is 2. The molecule has 1 heterocycles. The van der Waals surface area contributed by atoms with Crippen LogP contribution in [0.25, 0.3) is 0 Å². The second-order valence-corrected chi connectivity index (χ2v) is 12.2. The second-order valence-electron chi connectivity index (χ2n) is 12.2. The topological polar surface area (TPSA) is 136 Å². The Morgan fingerprint density at radius 1 is 1.10 bits per heavy atom. The Kier molecular flexibility index (Phi) is 9.21. The minimum absolute atomic E-state index is 0.0281. The number of aliphatic hydroxyl groups is 1. The quantitative estimate of drug-likeness (QED) is 0.380. The molecule has 9 nitrogen and oxygen atoms in total. The maximum absolute atomic E-state index is 13.5. The predicted molar refractivity (Wildman–Crippen MR) is 158 cm³/mol. The number of anilines is 1. The number of carbonyl (C=O) groups is 4. The first-order valence-corrected chi connectivity index (χ1v) is 14.5. The lowest BCUT2D eigenvalue weighted by Crippen LogP contribution is -2.47. The molecule has 1 saturated carbocycles. The van der Waals surface area contributed by atoms with Gasteiger partial charge in [0.15, 0.2) is 11.9 Å². The molecule has 0 aromatic heterocycles. The third-order valence-electron chi connectivity index (χ3n) is 7.57. The van der Waals surface area contributed by atoms with Crippen molar-refractivity contribution in [3.63, 3.8) is 0 Å². The fourth-order valence-electron chi connectivity index (χ4n) is 5.36. The van der Waals surface area contributed by atoms with Gasteiger partial charge >= 0.3 is 12.1 Å². The third-order valence-corrected chi connectivity index (χ3v) is 7.57. The Morgan fingerprint density at radius 2 is 1.76 bits per heavy atom. The van der Waals surface area contributed by atoms with Crippen LogP contribution in [0.5, 0.6) is 0 Å². The van der Waals surface area contributed by atoms with Gasteiger partial charge in [-0.05, 0) is 82.6 Å². The molecule has 42 heavy (non-hydrogen) atoms. The highest BCUT2D eigenvalue weighted by molar-refractivity contribution is 6.14. The lowest BCUT2D eigenvalue weighted by Gasteiger charge is -2.32. The van der Waals surface area contributed by atoms with E-state index >= 15 is 0 Å². The highest BCUT2D eigenvalue weighted by Crippen LogP contribution is 2.49. The summed E-state index contributed by atoms with van der Waals surface area (Å²) in [5.41, 5.74) is 6.68. The van der Waals surface area contributed by atoms with Crippen molar-refractivity contribution in [3.8, 4) is 0 Å². The van der Waals surface area contributed by atoms with Crippen LogP contribution in [0.4, 0.5) is 10.5 Å². The number of ketones is 1. The Bertz CT molecular complexity index is 1370. The summed E-state index contributed by atoms with van der Waals surface area (Å²) in [4.78, 5) is 54.0. The summed E-state index contributed by atoms with van der Waals surface area (Å²) in [6.45, 7) is 8.46. The van der Waals surface area contributed by atoms with Gasteiger partial charge < -0.3 is 20.3 Å². The number of benzene rings is 2. The summed E-state index contributed by atoms with van der Waals surface area (Å²) in [6, 6.07) is 15.2. The number of nitrogens with two attached hydrogens (primary N) is 1. The van der Waals surface area contributed by atoms with Crippen LogP contribution in [0, 0.1) is 11.8 Å². The number of imide groups is 1. The molecule has 0 spiro atoms. The van der Waals surface area contributed by atoms with Crippen molar-refractivity contribution < 1.29 is 33.8 Å². The maximum Gasteiger partial charge on any atom is 0.421 e. The van der Waals surface area contributed by atoms with Crippen molar-refractivity contribution >= 4 is 29.4 Å². The standard InChI is InChI=1S/C33H40N2O7/c1-6-21(17-20-11-8-7-9-12-20)29-28(37)27(36)26(31(39)41-29)25(22-15-16-22)23-13-10-14-24(18-23)35(30(38)19(2)34)32(40)42-33(3,4)5/h7-14,18-19,21-22,25,29,36H,6,15-17,34H2,1-5H3/t19-,21?,25?,29?/m0/s1. The molecule has 2 aliphatic rings. The third kappa shape index (κ3) is 6.90. The molecule has 2 aromatic carbocycles. The molecule has 2 aromatic rings. The van der Waals surface area contributed by atoms with E-state index in [0.29, 0.717) is 18.4 Å². The van der Waals surface area contributed by atoms with Crippen LogP contribution < -0.4 is 10.6 Å². The van der Waals surface area contributed by atoms with Crippen LogP contribution in [0.1, 0.15) is 70.9 Å².